The highest BCUT2D eigenvalue weighted by atomic mass is 19.1. The summed E-state index contributed by atoms with van der Waals surface area (Å²) in [6.45, 7) is 9.70. The first-order valence-corrected chi connectivity index (χ1v) is 7.83. The Bertz CT molecular complexity index is 570. The SMILES string of the molecule is CCN(CC(=O)NC(C)(C)C)Cc1cc(F)cc2c1OCOC2. The van der Waals surface area contributed by atoms with E-state index in [4.69, 9.17) is 9.47 Å². The molecule has 0 saturated heterocycles. The van der Waals surface area contributed by atoms with Crippen molar-refractivity contribution in [1.82, 2.24) is 10.2 Å². The predicted molar refractivity (Wildman–Crippen MR) is 85.5 cm³/mol. The van der Waals surface area contributed by atoms with Crippen LogP contribution in [-0.2, 0) is 22.7 Å². The van der Waals surface area contributed by atoms with Gasteiger partial charge in [-0.25, -0.2) is 4.39 Å². The fourth-order valence-electron chi connectivity index (χ4n) is 2.56. The highest BCUT2D eigenvalue weighted by molar-refractivity contribution is 5.78. The molecule has 1 aliphatic rings. The lowest BCUT2D eigenvalue weighted by Gasteiger charge is -2.27. The number of likely N-dealkylation sites (N-methyl/N-ethyl adjacent to an activating group) is 1. The maximum atomic E-state index is 13.8. The first kappa shape index (κ1) is 17.7. The molecule has 1 aromatic carbocycles. The molecule has 23 heavy (non-hydrogen) atoms. The molecule has 1 aliphatic heterocycles. The number of nitrogens with zero attached hydrogens (tertiary/aromatic N) is 1. The molecular formula is C17H25FN2O3. The predicted octanol–water partition coefficient (Wildman–Crippen LogP) is 2.43. The number of amides is 1. The van der Waals surface area contributed by atoms with Gasteiger partial charge in [-0.05, 0) is 39.4 Å². The van der Waals surface area contributed by atoms with Crippen molar-refractivity contribution >= 4 is 5.91 Å². The number of fused-ring (bicyclic) bond motifs is 1. The summed E-state index contributed by atoms with van der Waals surface area (Å²) >= 11 is 0. The minimum Gasteiger partial charge on any atom is -0.467 e. The highest BCUT2D eigenvalue weighted by Gasteiger charge is 2.20. The van der Waals surface area contributed by atoms with Gasteiger partial charge in [0.2, 0.25) is 5.91 Å². The third kappa shape index (κ3) is 5.18. The van der Waals surface area contributed by atoms with Gasteiger partial charge in [0.25, 0.3) is 0 Å². The van der Waals surface area contributed by atoms with Gasteiger partial charge in [0.05, 0.1) is 13.2 Å². The Hall–Kier alpha value is -1.66. The normalized spacial score (nSPS) is 14.3. The topological polar surface area (TPSA) is 50.8 Å². The average Bonchev–Trinajstić information content (AvgIpc) is 2.44. The number of carbonyl (C=O) groups excluding carboxylic acids is 1. The minimum atomic E-state index is -0.317. The molecule has 0 fully saturated rings. The van der Waals surface area contributed by atoms with E-state index in [-0.39, 0.29) is 30.6 Å². The van der Waals surface area contributed by atoms with E-state index >= 15 is 0 Å². The molecule has 6 heteroatoms. The maximum Gasteiger partial charge on any atom is 0.234 e. The molecular weight excluding hydrogens is 299 g/mol. The van der Waals surface area contributed by atoms with Crippen LogP contribution in [0, 0.1) is 5.82 Å². The molecule has 1 aromatic rings. The Balaban J connectivity index is 2.10. The molecule has 0 unspecified atom stereocenters. The van der Waals surface area contributed by atoms with Gasteiger partial charge >= 0.3 is 0 Å². The van der Waals surface area contributed by atoms with E-state index in [1.807, 2.05) is 32.6 Å². The summed E-state index contributed by atoms with van der Waals surface area (Å²) in [5.41, 5.74) is 1.18. The van der Waals surface area contributed by atoms with Crippen molar-refractivity contribution in [2.75, 3.05) is 19.9 Å². The molecule has 0 bridgehead atoms. The van der Waals surface area contributed by atoms with Gasteiger partial charge in [0.15, 0.2) is 6.79 Å². The fraction of sp³-hybridized carbons (Fsp3) is 0.588. The number of hydrogen-bond acceptors (Lipinski definition) is 4. The van der Waals surface area contributed by atoms with E-state index in [9.17, 15) is 9.18 Å². The van der Waals surface area contributed by atoms with Crippen molar-refractivity contribution in [2.24, 2.45) is 0 Å². The number of rotatable bonds is 5. The van der Waals surface area contributed by atoms with Gasteiger partial charge in [-0.15, -0.1) is 0 Å². The smallest absolute Gasteiger partial charge is 0.234 e. The van der Waals surface area contributed by atoms with E-state index in [1.165, 1.54) is 12.1 Å². The summed E-state index contributed by atoms with van der Waals surface area (Å²) in [4.78, 5) is 14.0. The van der Waals surface area contributed by atoms with Crippen molar-refractivity contribution < 1.29 is 18.7 Å². The summed E-state index contributed by atoms with van der Waals surface area (Å²) in [6, 6.07) is 2.90. The van der Waals surface area contributed by atoms with Gasteiger partial charge in [-0.3, -0.25) is 9.69 Å². The summed E-state index contributed by atoms with van der Waals surface area (Å²) in [5, 5.41) is 2.94. The average molecular weight is 324 g/mol. The summed E-state index contributed by atoms with van der Waals surface area (Å²) in [6.07, 6.45) is 0. The van der Waals surface area contributed by atoms with Gasteiger partial charge in [-0.2, -0.15) is 0 Å². The van der Waals surface area contributed by atoms with Crippen LogP contribution in [0.4, 0.5) is 4.39 Å². The Morgan fingerprint density at radius 2 is 2.13 bits per heavy atom. The number of benzene rings is 1. The molecule has 128 valence electrons. The van der Waals surface area contributed by atoms with Crippen LogP contribution < -0.4 is 10.1 Å². The second kappa shape index (κ2) is 7.27. The van der Waals surface area contributed by atoms with Gasteiger partial charge in [-0.1, -0.05) is 6.92 Å². The lowest BCUT2D eigenvalue weighted by atomic mass is 10.1. The fourth-order valence-corrected chi connectivity index (χ4v) is 2.56. The van der Waals surface area contributed by atoms with E-state index in [0.717, 1.165) is 5.56 Å². The first-order valence-electron chi connectivity index (χ1n) is 7.83. The summed E-state index contributed by atoms with van der Waals surface area (Å²) in [5.74, 6) is 0.309. The number of hydrogen-bond donors (Lipinski definition) is 1. The van der Waals surface area contributed by atoms with E-state index < -0.39 is 0 Å². The zero-order valence-electron chi connectivity index (χ0n) is 14.2. The van der Waals surface area contributed by atoms with Crippen LogP contribution >= 0.6 is 0 Å². The number of halogens is 1. The van der Waals surface area contributed by atoms with E-state index in [0.29, 0.717) is 31.0 Å². The third-order valence-electron chi connectivity index (χ3n) is 3.47. The molecule has 1 N–H and O–H groups in total. The lowest BCUT2D eigenvalue weighted by molar-refractivity contribution is -0.123. The Morgan fingerprint density at radius 1 is 1.39 bits per heavy atom. The van der Waals surface area contributed by atoms with Crippen LogP contribution in [-0.4, -0.2) is 36.2 Å². The number of carbonyl (C=O) groups is 1. The Kier molecular flexibility index (Phi) is 5.59. The summed E-state index contributed by atoms with van der Waals surface area (Å²) < 4.78 is 24.5. The van der Waals surface area contributed by atoms with Gasteiger partial charge in [0, 0.05) is 23.2 Å². The molecule has 0 saturated carbocycles. The monoisotopic (exact) mass is 324 g/mol. The quantitative estimate of drug-likeness (QED) is 0.904. The van der Waals surface area contributed by atoms with Crippen LogP contribution in [0.1, 0.15) is 38.8 Å². The zero-order chi connectivity index (χ0) is 17.0. The van der Waals surface area contributed by atoms with Crippen LogP contribution in [0.3, 0.4) is 0 Å². The molecule has 0 aromatic heterocycles. The van der Waals surface area contributed by atoms with E-state index in [1.54, 1.807) is 0 Å². The van der Waals surface area contributed by atoms with Crippen molar-refractivity contribution in [1.29, 1.82) is 0 Å². The second-order valence-corrected chi connectivity index (χ2v) is 6.77. The molecule has 1 amide bonds. The molecule has 1 heterocycles. The molecule has 0 aliphatic carbocycles. The van der Waals surface area contributed by atoms with Gasteiger partial charge < -0.3 is 14.8 Å². The first-order chi connectivity index (χ1) is 10.8. The Labute approximate surface area is 136 Å². The standard InChI is InChI=1S/C17H25FN2O3/c1-5-20(9-15(21)19-17(2,3)4)8-12-6-14(18)7-13-10-22-11-23-16(12)13/h6-7H,5,8-11H2,1-4H3,(H,19,21). The molecule has 5 nitrogen and oxygen atoms in total. The second-order valence-electron chi connectivity index (χ2n) is 6.77. The van der Waals surface area contributed by atoms with Crippen LogP contribution in [0.25, 0.3) is 0 Å². The van der Waals surface area contributed by atoms with Crippen molar-refractivity contribution in [3.63, 3.8) is 0 Å². The van der Waals surface area contributed by atoms with Crippen molar-refractivity contribution in [2.45, 2.75) is 46.4 Å². The van der Waals surface area contributed by atoms with Gasteiger partial charge in [0.1, 0.15) is 11.6 Å². The van der Waals surface area contributed by atoms with Crippen LogP contribution in [0.2, 0.25) is 0 Å². The molecule has 0 radical (unpaired) electrons. The van der Waals surface area contributed by atoms with Crippen molar-refractivity contribution in [3.8, 4) is 5.75 Å². The van der Waals surface area contributed by atoms with Crippen LogP contribution in [0.5, 0.6) is 5.75 Å². The van der Waals surface area contributed by atoms with Crippen molar-refractivity contribution in [3.05, 3.63) is 29.1 Å². The zero-order valence-corrected chi connectivity index (χ0v) is 14.2. The molecule has 0 atom stereocenters. The largest absolute Gasteiger partial charge is 0.467 e. The maximum absolute atomic E-state index is 13.8. The minimum absolute atomic E-state index is 0.0473. The van der Waals surface area contributed by atoms with E-state index in [2.05, 4.69) is 5.32 Å². The van der Waals surface area contributed by atoms with Crippen LogP contribution in [0.15, 0.2) is 12.1 Å². The number of nitrogens with one attached hydrogen (secondary N) is 1. The highest BCUT2D eigenvalue weighted by Crippen LogP contribution is 2.30. The Morgan fingerprint density at radius 3 is 2.78 bits per heavy atom. The number of ether oxygens (including phenoxy) is 2. The summed E-state index contributed by atoms with van der Waals surface area (Å²) in [7, 11) is 0. The molecule has 0 spiro atoms. The molecule has 2 rings (SSSR count). The third-order valence-corrected chi connectivity index (χ3v) is 3.47. The lowest BCUT2D eigenvalue weighted by Crippen LogP contribution is -2.45.